The maximum absolute atomic E-state index is 12.7. The number of halogens is 4. The van der Waals surface area contributed by atoms with Gasteiger partial charge in [0, 0.05) is 24.0 Å². The Labute approximate surface area is 104 Å². The number of anilines is 1. The highest BCUT2D eigenvalue weighted by molar-refractivity contribution is 9.09. The van der Waals surface area contributed by atoms with Crippen LogP contribution in [0.1, 0.15) is 12.0 Å². The van der Waals surface area contributed by atoms with Crippen molar-refractivity contribution in [2.75, 3.05) is 11.4 Å². The molecule has 1 aromatic heterocycles. The molecule has 2 rings (SSSR count). The van der Waals surface area contributed by atoms with Gasteiger partial charge in [-0.2, -0.15) is 13.2 Å². The van der Waals surface area contributed by atoms with Gasteiger partial charge in [0.1, 0.15) is 0 Å². The summed E-state index contributed by atoms with van der Waals surface area (Å²) in [4.78, 5) is 16.2. The summed E-state index contributed by atoms with van der Waals surface area (Å²) < 4.78 is 38.2. The van der Waals surface area contributed by atoms with Gasteiger partial charge in [-0.25, -0.2) is 0 Å². The van der Waals surface area contributed by atoms with Crippen molar-refractivity contribution in [3.05, 3.63) is 24.0 Å². The summed E-state index contributed by atoms with van der Waals surface area (Å²) in [5.74, 6) is -0.328. The lowest BCUT2D eigenvalue weighted by Gasteiger charge is -2.20. The van der Waals surface area contributed by atoms with Crippen molar-refractivity contribution in [2.24, 2.45) is 0 Å². The number of rotatable bonds is 1. The average molecular weight is 309 g/mol. The van der Waals surface area contributed by atoms with Crippen LogP contribution in [0.2, 0.25) is 0 Å². The number of carbonyl (C=O) groups excluding carboxylic acids is 1. The molecule has 1 aliphatic heterocycles. The van der Waals surface area contributed by atoms with Crippen molar-refractivity contribution in [3.8, 4) is 0 Å². The molecule has 1 unspecified atom stereocenters. The van der Waals surface area contributed by atoms with Gasteiger partial charge in [0.15, 0.2) is 0 Å². The maximum Gasteiger partial charge on any atom is 0.418 e. The summed E-state index contributed by atoms with van der Waals surface area (Å²) in [5.41, 5.74) is -1.01. The number of alkyl halides is 4. The Morgan fingerprint density at radius 3 is 2.71 bits per heavy atom. The van der Waals surface area contributed by atoms with Gasteiger partial charge in [0.25, 0.3) is 0 Å². The van der Waals surface area contributed by atoms with Gasteiger partial charge in [0.05, 0.1) is 17.4 Å². The minimum Gasteiger partial charge on any atom is -0.309 e. The van der Waals surface area contributed by atoms with Gasteiger partial charge in [-0.15, -0.1) is 0 Å². The van der Waals surface area contributed by atoms with Gasteiger partial charge in [-0.3, -0.25) is 9.78 Å². The molecule has 0 N–H and O–H groups in total. The smallest absolute Gasteiger partial charge is 0.309 e. The van der Waals surface area contributed by atoms with Gasteiger partial charge >= 0.3 is 6.18 Å². The highest BCUT2D eigenvalue weighted by Gasteiger charge is 2.38. The van der Waals surface area contributed by atoms with Crippen LogP contribution in [0.3, 0.4) is 0 Å². The topological polar surface area (TPSA) is 33.2 Å². The molecular formula is C10H8BrF3N2O. The summed E-state index contributed by atoms with van der Waals surface area (Å²) in [7, 11) is 0. The van der Waals surface area contributed by atoms with E-state index in [1.165, 1.54) is 0 Å². The third kappa shape index (κ3) is 2.43. The minimum absolute atomic E-state index is 0.115. The van der Waals surface area contributed by atoms with E-state index in [0.29, 0.717) is 0 Å². The number of carbonyl (C=O) groups is 1. The van der Waals surface area contributed by atoms with Crippen LogP contribution in [0, 0.1) is 0 Å². The lowest BCUT2D eigenvalue weighted by Crippen LogP contribution is -2.27. The predicted octanol–water partition coefficient (Wildman–Crippen LogP) is 2.60. The average Bonchev–Trinajstić information content (AvgIpc) is 2.56. The number of aromatic nitrogens is 1. The van der Waals surface area contributed by atoms with Crippen LogP contribution < -0.4 is 4.90 Å². The van der Waals surface area contributed by atoms with Crippen molar-refractivity contribution in [2.45, 2.75) is 17.4 Å². The molecule has 0 bridgehead atoms. The summed E-state index contributed by atoms with van der Waals surface area (Å²) in [6, 6.07) is 0.879. The summed E-state index contributed by atoms with van der Waals surface area (Å²) in [6.45, 7) is 0.230. The molecule has 0 saturated carbocycles. The number of hydrogen-bond acceptors (Lipinski definition) is 2. The number of nitrogens with zero attached hydrogens (tertiary/aromatic N) is 2. The van der Waals surface area contributed by atoms with Crippen molar-refractivity contribution < 1.29 is 18.0 Å². The minimum atomic E-state index is -4.48. The first-order valence-corrected chi connectivity index (χ1v) is 5.77. The van der Waals surface area contributed by atoms with E-state index in [-0.39, 0.29) is 29.4 Å². The first kappa shape index (κ1) is 12.3. The van der Waals surface area contributed by atoms with Crippen LogP contribution in [0.15, 0.2) is 18.5 Å². The third-order valence-corrected chi connectivity index (χ3v) is 3.09. The molecule has 17 heavy (non-hydrogen) atoms. The number of pyridine rings is 1. The van der Waals surface area contributed by atoms with E-state index >= 15 is 0 Å². The Balaban J connectivity index is 2.42. The lowest BCUT2D eigenvalue weighted by atomic mass is 10.2. The highest BCUT2D eigenvalue weighted by Crippen LogP contribution is 2.37. The van der Waals surface area contributed by atoms with Crippen LogP contribution in [-0.2, 0) is 11.0 Å². The Bertz CT molecular complexity index is 449. The molecule has 1 saturated heterocycles. The first-order valence-electron chi connectivity index (χ1n) is 4.85. The predicted molar refractivity (Wildman–Crippen MR) is 58.9 cm³/mol. The molecule has 2 heterocycles. The Kier molecular flexibility index (Phi) is 3.11. The molecule has 1 amide bonds. The highest BCUT2D eigenvalue weighted by atomic mass is 79.9. The van der Waals surface area contributed by atoms with E-state index in [1.54, 1.807) is 0 Å². The molecule has 1 aliphatic rings. The van der Waals surface area contributed by atoms with E-state index in [1.807, 2.05) is 0 Å². The van der Waals surface area contributed by atoms with Crippen molar-refractivity contribution in [3.63, 3.8) is 0 Å². The molecule has 1 atom stereocenters. The van der Waals surface area contributed by atoms with E-state index < -0.39 is 11.7 Å². The Morgan fingerprint density at radius 1 is 1.47 bits per heavy atom. The van der Waals surface area contributed by atoms with Gasteiger partial charge in [-0.1, -0.05) is 15.9 Å². The summed E-state index contributed by atoms with van der Waals surface area (Å²) in [5, 5.41) is 0. The summed E-state index contributed by atoms with van der Waals surface area (Å²) in [6.07, 6.45) is -2.14. The fraction of sp³-hybridized carbons (Fsp3) is 0.400. The van der Waals surface area contributed by atoms with Gasteiger partial charge < -0.3 is 4.90 Å². The second-order valence-corrected chi connectivity index (χ2v) is 4.99. The standard InChI is InChI=1S/C10H8BrF3N2O/c11-6-3-9(17)16(5-6)8-4-15-2-1-7(8)10(12,13)14/h1-2,4,6H,3,5H2. The quantitative estimate of drug-likeness (QED) is 0.747. The van der Waals surface area contributed by atoms with Crippen molar-refractivity contribution >= 4 is 27.5 Å². The normalized spacial score (nSPS) is 21.1. The fourth-order valence-electron chi connectivity index (χ4n) is 1.74. The zero-order valence-corrected chi connectivity index (χ0v) is 10.1. The van der Waals surface area contributed by atoms with Crippen LogP contribution >= 0.6 is 15.9 Å². The van der Waals surface area contributed by atoms with Crippen LogP contribution in [0.25, 0.3) is 0 Å². The largest absolute Gasteiger partial charge is 0.418 e. The number of hydrogen-bond donors (Lipinski definition) is 0. The Morgan fingerprint density at radius 2 is 2.18 bits per heavy atom. The number of amides is 1. The van der Waals surface area contributed by atoms with Gasteiger partial charge in [-0.05, 0) is 6.07 Å². The second-order valence-electron chi connectivity index (χ2n) is 3.70. The first-order chi connectivity index (χ1) is 7.89. The van der Waals surface area contributed by atoms with Crippen molar-refractivity contribution in [1.82, 2.24) is 4.98 Å². The second kappa shape index (κ2) is 4.29. The van der Waals surface area contributed by atoms with E-state index in [9.17, 15) is 18.0 Å². The maximum atomic E-state index is 12.7. The van der Waals surface area contributed by atoms with Crippen LogP contribution in [0.5, 0.6) is 0 Å². The van der Waals surface area contributed by atoms with Crippen LogP contribution in [-0.4, -0.2) is 22.3 Å². The SMILES string of the molecule is O=C1CC(Br)CN1c1cnccc1C(F)(F)F. The van der Waals surface area contributed by atoms with E-state index in [2.05, 4.69) is 20.9 Å². The lowest BCUT2D eigenvalue weighted by molar-refractivity contribution is -0.137. The molecule has 7 heteroatoms. The van der Waals surface area contributed by atoms with E-state index in [4.69, 9.17) is 0 Å². The van der Waals surface area contributed by atoms with Crippen molar-refractivity contribution in [1.29, 1.82) is 0 Å². The molecule has 92 valence electrons. The van der Waals surface area contributed by atoms with E-state index in [0.717, 1.165) is 23.4 Å². The monoisotopic (exact) mass is 308 g/mol. The van der Waals surface area contributed by atoms with Gasteiger partial charge in [0.2, 0.25) is 5.91 Å². The fourth-order valence-corrected chi connectivity index (χ4v) is 2.30. The zero-order valence-electron chi connectivity index (χ0n) is 8.54. The molecule has 0 aromatic carbocycles. The molecule has 1 aromatic rings. The molecular weight excluding hydrogens is 301 g/mol. The zero-order chi connectivity index (χ0) is 12.6. The van der Waals surface area contributed by atoms with Crippen LogP contribution in [0.4, 0.5) is 18.9 Å². The molecule has 0 spiro atoms. The molecule has 0 radical (unpaired) electrons. The molecule has 1 fully saturated rings. The Hall–Kier alpha value is -1.11. The molecule has 3 nitrogen and oxygen atoms in total. The molecule has 0 aliphatic carbocycles. The third-order valence-electron chi connectivity index (χ3n) is 2.47. The summed E-state index contributed by atoms with van der Waals surface area (Å²) >= 11 is 3.23.